The van der Waals surface area contributed by atoms with Gasteiger partial charge in [-0.25, -0.2) is 9.97 Å². The predicted octanol–water partition coefficient (Wildman–Crippen LogP) is 3.71. The molecule has 2 aromatic heterocycles. The minimum absolute atomic E-state index is 0.221. The van der Waals surface area contributed by atoms with Crippen molar-refractivity contribution in [1.82, 2.24) is 15.3 Å². The SMILES string of the molecule is CCOc1cc(-c2ccnc(OC)c2)nc2cc(C(=O)NCCC(C=N)=C(C)N)ccc12. The number of ether oxygens (including phenoxy) is 2. The van der Waals surface area contributed by atoms with Gasteiger partial charge in [0.2, 0.25) is 5.88 Å². The van der Waals surface area contributed by atoms with E-state index >= 15 is 0 Å². The topological polar surface area (TPSA) is 123 Å². The molecule has 0 aliphatic rings. The molecule has 4 N–H and O–H groups in total. The number of carbonyl (C=O) groups is 1. The second kappa shape index (κ2) is 10.4. The Kier molecular flexibility index (Phi) is 7.38. The van der Waals surface area contributed by atoms with Crippen LogP contribution in [0.5, 0.6) is 11.6 Å². The molecule has 3 rings (SSSR count). The van der Waals surface area contributed by atoms with E-state index in [1.807, 2.05) is 25.1 Å². The zero-order valence-corrected chi connectivity index (χ0v) is 18.4. The number of nitrogens with one attached hydrogen (secondary N) is 2. The molecule has 0 unspecified atom stereocenters. The van der Waals surface area contributed by atoms with Crippen molar-refractivity contribution >= 4 is 23.0 Å². The smallest absolute Gasteiger partial charge is 0.251 e. The Morgan fingerprint density at radius 2 is 2.06 bits per heavy atom. The normalized spacial score (nSPS) is 11.6. The molecule has 32 heavy (non-hydrogen) atoms. The molecule has 0 bridgehead atoms. The number of nitrogens with zero attached hydrogens (tertiary/aromatic N) is 2. The maximum Gasteiger partial charge on any atom is 0.251 e. The molecule has 3 aromatic rings. The van der Waals surface area contributed by atoms with Crippen molar-refractivity contribution in [2.75, 3.05) is 20.3 Å². The molecular formula is C24H27N5O3. The first-order valence-electron chi connectivity index (χ1n) is 10.3. The number of nitrogens with two attached hydrogens (primary N) is 1. The van der Waals surface area contributed by atoms with Crippen molar-refractivity contribution in [3.63, 3.8) is 0 Å². The molecule has 2 heterocycles. The first kappa shape index (κ1) is 22.7. The van der Waals surface area contributed by atoms with Crippen LogP contribution in [-0.2, 0) is 0 Å². The van der Waals surface area contributed by atoms with Crippen molar-refractivity contribution in [1.29, 1.82) is 5.41 Å². The largest absolute Gasteiger partial charge is 0.493 e. The van der Waals surface area contributed by atoms with Gasteiger partial charge in [0, 0.05) is 53.3 Å². The van der Waals surface area contributed by atoms with E-state index in [9.17, 15) is 4.79 Å². The van der Waals surface area contributed by atoms with Crippen LogP contribution in [0.2, 0.25) is 0 Å². The Bertz CT molecular complexity index is 1170. The highest BCUT2D eigenvalue weighted by Crippen LogP contribution is 2.31. The van der Waals surface area contributed by atoms with Crippen LogP contribution < -0.4 is 20.5 Å². The molecule has 166 valence electrons. The van der Waals surface area contributed by atoms with E-state index in [-0.39, 0.29) is 5.91 Å². The summed E-state index contributed by atoms with van der Waals surface area (Å²) in [5.41, 5.74) is 9.67. The van der Waals surface area contributed by atoms with Crippen LogP contribution in [0.15, 0.2) is 53.9 Å². The van der Waals surface area contributed by atoms with Crippen molar-refractivity contribution in [3.8, 4) is 22.9 Å². The van der Waals surface area contributed by atoms with Crippen LogP contribution in [0.4, 0.5) is 0 Å². The highest BCUT2D eigenvalue weighted by atomic mass is 16.5. The summed E-state index contributed by atoms with van der Waals surface area (Å²) in [6.45, 7) is 4.54. The second-order valence-electron chi connectivity index (χ2n) is 7.12. The lowest BCUT2D eigenvalue weighted by molar-refractivity contribution is 0.0954. The molecule has 1 amide bonds. The molecule has 8 heteroatoms. The van der Waals surface area contributed by atoms with E-state index in [1.165, 1.54) is 6.21 Å². The van der Waals surface area contributed by atoms with Gasteiger partial charge in [-0.05, 0) is 50.1 Å². The number of pyridine rings is 2. The average molecular weight is 434 g/mol. The summed E-state index contributed by atoms with van der Waals surface area (Å²) >= 11 is 0. The van der Waals surface area contributed by atoms with E-state index in [0.717, 1.165) is 10.9 Å². The molecule has 0 saturated carbocycles. The number of carbonyl (C=O) groups excluding carboxylic acids is 1. The number of amides is 1. The monoisotopic (exact) mass is 433 g/mol. The van der Waals surface area contributed by atoms with Gasteiger partial charge >= 0.3 is 0 Å². The van der Waals surface area contributed by atoms with Gasteiger partial charge in [0.15, 0.2) is 0 Å². The Balaban J connectivity index is 1.92. The lowest BCUT2D eigenvalue weighted by Gasteiger charge is -2.12. The summed E-state index contributed by atoms with van der Waals surface area (Å²) in [5.74, 6) is 0.956. The third-order valence-corrected chi connectivity index (χ3v) is 4.93. The molecule has 0 aliphatic carbocycles. The van der Waals surface area contributed by atoms with Crippen molar-refractivity contribution in [2.45, 2.75) is 20.3 Å². The van der Waals surface area contributed by atoms with Crippen LogP contribution in [0.1, 0.15) is 30.6 Å². The predicted molar refractivity (Wildman–Crippen MR) is 125 cm³/mol. The quantitative estimate of drug-likeness (QED) is 0.442. The Hall–Kier alpha value is -3.94. The van der Waals surface area contributed by atoms with Crippen LogP contribution in [0, 0.1) is 5.41 Å². The van der Waals surface area contributed by atoms with Gasteiger partial charge in [-0.2, -0.15) is 0 Å². The second-order valence-corrected chi connectivity index (χ2v) is 7.12. The summed E-state index contributed by atoms with van der Waals surface area (Å²) < 4.78 is 11.1. The molecule has 0 radical (unpaired) electrons. The van der Waals surface area contributed by atoms with Gasteiger partial charge in [0.05, 0.1) is 24.9 Å². The summed E-state index contributed by atoms with van der Waals surface area (Å²) in [6, 6.07) is 10.9. The standard InChI is InChI=1S/C24H27N5O3/c1-4-32-22-13-20(16-7-9-27-23(12-16)31-3)29-21-11-17(5-6-19(21)22)24(30)28-10-8-18(14-25)15(2)26/h5-7,9,11-14,25H,4,8,10,26H2,1-3H3,(H,28,30). The number of methoxy groups -OCH3 is 1. The lowest BCUT2D eigenvalue weighted by Crippen LogP contribution is -2.25. The molecule has 1 aromatic carbocycles. The van der Waals surface area contributed by atoms with Crippen LogP contribution in [0.3, 0.4) is 0 Å². The van der Waals surface area contributed by atoms with E-state index in [4.69, 9.17) is 25.6 Å². The van der Waals surface area contributed by atoms with Crippen molar-refractivity contribution in [3.05, 3.63) is 59.4 Å². The minimum atomic E-state index is -0.221. The molecule has 0 saturated heterocycles. The molecule has 0 atom stereocenters. The third-order valence-electron chi connectivity index (χ3n) is 4.93. The van der Waals surface area contributed by atoms with Crippen LogP contribution in [0.25, 0.3) is 22.2 Å². The van der Waals surface area contributed by atoms with Crippen molar-refractivity contribution in [2.24, 2.45) is 5.73 Å². The number of rotatable bonds is 9. The molecule has 0 aliphatic heterocycles. The number of allylic oxidation sites excluding steroid dienone is 1. The van der Waals surface area contributed by atoms with E-state index < -0.39 is 0 Å². The maximum atomic E-state index is 12.7. The number of fused-ring (bicyclic) bond motifs is 1. The molecule has 0 spiro atoms. The van der Waals surface area contributed by atoms with Gasteiger partial charge < -0.3 is 25.9 Å². The minimum Gasteiger partial charge on any atom is -0.493 e. The Morgan fingerprint density at radius 3 is 2.75 bits per heavy atom. The van der Waals surface area contributed by atoms with E-state index in [0.29, 0.717) is 59.2 Å². The zero-order chi connectivity index (χ0) is 23.1. The fourth-order valence-electron chi connectivity index (χ4n) is 3.24. The molecular weight excluding hydrogens is 406 g/mol. The number of benzene rings is 1. The molecule has 8 nitrogen and oxygen atoms in total. The first-order chi connectivity index (χ1) is 15.5. The molecule has 0 fully saturated rings. The van der Waals surface area contributed by atoms with E-state index in [1.54, 1.807) is 38.4 Å². The summed E-state index contributed by atoms with van der Waals surface area (Å²) in [4.78, 5) is 21.6. The summed E-state index contributed by atoms with van der Waals surface area (Å²) in [6.07, 6.45) is 3.36. The fraction of sp³-hybridized carbons (Fsp3) is 0.250. The average Bonchev–Trinajstić information content (AvgIpc) is 2.81. The Morgan fingerprint density at radius 1 is 1.25 bits per heavy atom. The van der Waals surface area contributed by atoms with Gasteiger partial charge in [-0.15, -0.1) is 0 Å². The van der Waals surface area contributed by atoms with E-state index in [2.05, 4.69) is 10.3 Å². The summed E-state index contributed by atoms with van der Waals surface area (Å²) in [7, 11) is 1.56. The highest BCUT2D eigenvalue weighted by molar-refractivity contribution is 5.99. The lowest BCUT2D eigenvalue weighted by atomic mass is 10.1. The number of hydrogen-bond donors (Lipinski definition) is 3. The Labute approximate surface area is 187 Å². The zero-order valence-electron chi connectivity index (χ0n) is 18.4. The van der Waals surface area contributed by atoms with Crippen LogP contribution in [-0.4, -0.2) is 42.4 Å². The van der Waals surface area contributed by atoms with Crippen molar-refractivity contribution < 1.29 is 14.3 Å². The third kappa shape index (κ3) is 5.21. The van der Waals surface area contributed by atoms with Gasteiger partial charge in [0.25, 0.3) is 5.91 Å². The number of aromatic nitrogens is 2. The summed E-state index contributed by atoms with van der Waals surface area (Å²) in [5, 5.41) is 11.1. The maximum absolute atomic E-state index is 12.7. The number of hydrogen-bond acceptors (Lipinski definition) is 7. The van der Waals surface area contributed by atoms with Gasteiger partial charge in [0.1, 0.15) is 5.75 Å². The van der Waals surface area contributed by atoms with Gasteiger partial charge in [-0.3, -0.25) is 4.79 Å². The highest BCUT2D eigenvalue weighted by Gasteiger charge is 2.13. The first-order valence-corrected chi connectivity index (χ1v) is 10.3. The van der Waals surface area contributed by atoms with Crippen LogP contribution >= 0.6 is 0 Å². The van der Waals surface area contributed by atoms with Gasteiger partial charge in [-0.1, -0.05) is 0 Å². The fourth-order valence-corrected chi connectivity index (χ4v) is 3.24.